The molecule has 0 radical (unpaired) electrons. The van der Waals surface area contributed by atoms with Crippen LogP contribution in [0, 0.1) is 11.3 Å². The van der Waals surface area contributed by atoms with Gasteiger partial charge in [0, 0.05) is 15.6 Å². The minimum absolute atomic E-state index is 0.0419. The van der Waals surface area contributed by atoms with E-state index in [2.05, 4.69) is 25.9 Å². The van der Waals surface area contributed by atoms with Crippen LogP contribution in [0.1, 0.15) is 15.9 Å². The zero-order valence-electron chi connectivity index (χ0n) is 13.4. The molecule has 1 N–H and O–H groups in total. The number of H-pyrrole nitrogens is 1. The number of nitriles is 1. The van der Waals surface area contributed by atoms with E-state index in [0.29, 0.717) is 22.0 Å². The maximum Gasteiger partial charge on any atom is 0.270 e. The number of thioether (sulfide) groups is 1. The molecule has 0 fully saturated rings. The van der Waals surface area contributed by atoms with Gasteiger partial charge in [-0.1, -0.05) is 70.2 Å². The average molecular weight is 426 g/mol. The molecule has 0 saturated carbocycles. The summed E-state index contributed by atoms with van der Waals surface area (Å²) in [5.41, 5.74) is 1.02. The van der Waals surface area contributed by atoms with E-state index in [9.17, 15) is 14.9 Å². The molecule has 0 aliphatic carbocycles. The summed E-state index contributed by atoms with van der Waals surface area (Å²) in [5.74, 6) is 0.0563. The van der Waals surface area contributed by atoms with Crippen LogP contribution in [0.5, 0.6) is 0 Å². The molecule has 1 aromatic heterocycles. The fraction of sp³-hybridized carbons (Fsp3) is 0.0526. The van der Waals surface area contributed by atoms with E-state index in [4.69, 9.17) is 0 Å². The van der Waals surface area contributed by atoms with Crippen LogP contribution in [0.2, 0.25) is 0 Å². The maximum absolute atomic E-state index is 12.3. The van der Waals surface area contributed by atoms with Crippen LogP contribution in [0.25, 0.3) is 11.3 Å². The van der Waals surface area contributed by atoms with E-state index in [-0.39, 0.29) is 17.1 Å². The molecular weight excluding hydrogens is 414 g/mol. The Morgan fingerprint density at radius 2 is 1.85 bits per heavy atom. The number of carbonyl (C=O) groups excluding carboxylic acids is 1. The number of halogens is 1. The number of ketones is 1. The van der Waals surface area contributed by atoms with Gasteiger partial charge < -0.3 is 4.98 Å². The van der Waals surface area contributed by atoms with Gasteiger partial charge in [-0.15, -0.1) is 0 Å². The maximum atomic E-state index is 12.3. The molecule has 0 amide bonds. The standard InChI is InChI=1S/C19H12BrN3O2S/c20-14-8-6-12(7-9-14)16(24)11-26-19-22-17(13-4-2-1-3-5-13)15(10-21)18(25)23-19/h1-9H,11H2,(H,22,23,25). The fourth-order valence-corrected chi connectivity index (χ4v) is 3.30. The van der Waals surface area contributed by atoms with Gasteiger partial charge >= 0.3 is 0 Å². The number of aromatic nitrogens is 2. The second-order valence-corrected chi connectivity index (χ2v) is 7.17. The van der Waals surface area contributed by atoms with Crippen LogP contribution in [-0.2, 0) is 0 Å². The number of hydrogen-bond donors (Lipinski definition) is 1. The van der Waals surface area contributed by atoms with Gasteiger partial charge in [-0.25, -0.2) is 4.98 Å². The Kier molecular flexibility index (Phi) is 5.66. The highest BCUT2D eigenvalue weighted by Crippen LogP contribution is 2.22. The van der Waals surface area contributed by atoms with Gasteiger partial charge in [0.1, 0.15) is 11.6 Å². The molecule has 3 rings (SSSR count). The summed E-state index contributed by atoms with van der Waals surface area (Å²) >= 11 is 4.46. The molecule has 0 bridgehead atoms. The summed E-state index contributed by atoms with van der Waals surface area (Å²) in [4.78, 5) is 31.4. The number of hydrogen-bond acceptors (Lipinski definition) is 5. The van der Waals surface area contributed by atoms with Gasteiger partial charge in [-0.05, 0) is 12.1 Å². The lowest BCUT2D eigenvalue weighted by Gasteiger charge is -2.06. The smallest absolute Gasteiger partial charge is 0.270 e. The average Bonchev–Trinajstić information content (AvgIpc) is 2.67. The van der Waals surface area contributed by atoms with Crippen molar-refractivity contribution in [2.75, 3.05) is 5.75 Å². The molecule has 2 aromatic carbocycles. The molecule has 0 atom stereocenters. The molecule has 5 nitrogen and oxygen atoms in total. The topological polar surface area (TPSA) is 86.6 Å². The van der Waals surface area contributed by atoms with Gasteiger partial charge in [0.15, 0.2) is 10.9 Å². The van der Waals surface area contributed by atoms with Crippen LogP contribution in [0.15, 0.2) is 69.0 Å². The molecule has 0 aliphatic heterocycles. The van der Waals surface area contributed by atoms with Crippen LogP contribution >= 0.6 is 27.7 Å². The van der Waals surface area contributed by atoms with Crippen molar-refractivity contribution in [1.29, 1.82) is 5.26 Å². The first kappa shape index (κ1) is 18.1. The number of Topliss-reactive ketones (excluding diaryl/α,β-unsaturated/α-hetero) is 1. The number of nitrogens with one attached hydrogen (secondary N) is 1. The first-order valence-corrected chi connectivity index (χ1v) is 9.38. The van der Waals surface area contributed by atoms with E-state index in [1.54, 1.807) is 36.4 Å². The lowest BCUT2D eigenvalue weighted by Crippen LogP contribution is -2.15. The number of rotatable bonds is 5. The van der Waals surface area contributed by atoms with E-state index < -0.39 is 5.56 Å². The molecule has 0 aliphatic rings. The molecule has 0 spiro atoms. The molecule has 0 saturated heterocycles. The highest BCUT2D eigenvalue weighted by molar-refractivity contribution is 9.10. The second kappa shape index (κ2) is 8.13. The third kappa shape index (κ3) is 4.10. The Bertz CT molecular complexity index is 1040. The highest BCUT2D eigenvalue weighted by Gasteiger charge is 2.14. The van der Waals surface area contributed by atoms with Gasteiger partial charge in [0.05, 0.1) is 11.4 Å². The lowest BCUT2D eigenvalue weighted by molar-refractivity contribution is 0.102. The molecular formula is C19H12BrN3O2S. The monoisotopic (exact) mass is 425 g/mol. The van der Waals surface area contributed by atoms with Gasteiger partial charge in [0.2, 0.25) is 0 Å². The number of nitrogens with zero attached hydrogens (tertiary/aromatic N) is 2. The molecule has 128 valence electrons. The van der Waals surface area contributed by atoms with Gasteiger partial charge in [-0.2, -0.15) is 5.26 Å². The quantitative estimate of drug-likeness (QED) is 0.378. The fourth-order valence-electron chi connectivity index (χ4n) is 2.28. The van der Waals surface area contributed by atoms with Crippen molar-refractivity contribution in [2.24, 2.45) is 0 Å². The van der Waals surface area contributed by atoms with E-state index >= 15 is 0 Å². The molecule has 3 aromatic rings. The van der Waals surface area contributed by atoms with E-state index in [0.717, 1.165) is 16.2 Å². The van der Waals surface area contributed by atoms with Gasteiger partial charge in [0.25, 0.3) is 5.56 Å². The zero-order valence-corrected chi connectivity index (χ0v) is 15.8. The summed E-state index contributed by atoms with van der Waals surface area (Å²) in [7, 11) is 0. The second-order valence-electron chi connectivity index (χ2n) is 5.29. The number of benzene rings is 2. The Balaban J connectivity index is 1.86. The normalized spacial score (nSPS) is 10.3. The summed E-state index contributed by atoms with van der Waals surface area (Å²) in [6.45, 7) is 0. The summed E-state index contributed by atoms with van der Waals surface area (Å²) in [6.07, 6.45) is 0. The SMILES string of the molecule is N#Cc1c(-c2ccccc2)nc(SCC(=O)c2ccc(Br)cc2)[nH]c1=O. The van der Waals surface area contributed by atoms with Gasteiger partial charge in [-0.3, -0.25) is 9.59 Å². The van der Waals surface area contributed by atoms with Crippen molar-refractivity contribution in [3.63, 3.8) is 0 Å². The minimum atomic E-state index is -0.514. The van der Waals surface area contributed by atoms with Crippen LogP contribution in [-0.4, -0.2) is 21.5 Å². The predicted octanol–water partition coefficient (Wildman–Crippen LogP) is 4.05. The third-order valence-electron chi connectivity index (χ3n) is 3.56. The van der Waals surface area contributed by atoms with Crippen molar-refractivity contribution in [3.05, 3.63) is 80.6 Å². The molecule has 0 unspecified atom stereocenters. The first-order chi connectivity index (χ1) is 12.6. The molecule has 26 heavy (non-hydrogen) atoms. The zero-order chi connectivity index (χ0) is 18.5. The van der Waals surface area contributed by atoms with Crippen LogP contribution in [0.3, 0.4) is 0 Å². The van der Waals surface area contributed by atoms with Crippen molar-refractivity contribution in [3.8, 4) is 17.3 Å². The minimum Gasteiger partial charge on any atom is -0.300 e. The molecule has 7 heteroatoms. The number of aromatic amines is 1. The van der Waals surface area contributed by atoms with Crippen molar-refractivity contribution in [2.45, 2.75) is 5.16 Å². The first-order valence-electron chi connectivity index (χ1n) is 7.60. The Morgan fingerprint density at radius 1 is 1.15 bits per heavy atom. The number of carbonyl (C=O) groups is 1. The van der Waals surface area contributed by atoms with Crippen LogP contribution < -0.4 is 5.56 Å². The Hall–Kier alpha value is -2.69. The van der Waals surface area contributed by atoms with Crippen molar-refractivity contribution < 1.29 is 4.79 Å². The summed E-state index contributed by atoms with van der Waals surface area (Å²) in [5, 5.41) is 9.57. The lowest BCUT2D eigenvalue weighted by atomic mass is 10.1. The highest BCUT2D eigenvalue weighted by atomic mass is 79.9. The summed E-state index contributed by atoms with van der Waals surface area (Å²) < 4.78 is 0.896. The van der Waals surface area contributed by atoms with Crippen molar-refractivity contribution >= 4 is 33.5 Å². The van der Waals surface area contributed by atoms with E-state index in [1.807, 2.05) is 24.3 Å². The Morgan fingerprint density at radius 3 is 2.50 bits per heavy atom. The van der Waals surface area contributed by atoms with Crippen LogP contribution in [0.4, 0.5) is 0 Å². The van der Waals surface area contributed by atoms with E-state index in [1.165, 1.54) is 0 Å². The van der Waals surface area contributed by atoms with Crippen molar-refractivity contribution in [1.82, 2.24) is 9.97 Å². The largest absolute Gasteiger partial charge is 0.300 e. The summed E-state index contributed by atoms with van der Waals surface area (Å²) in [6, 6.07) is 18.0. The third-order valence-corrected chi connectivity index (χ3v) is 4.96. The Labute approximate surface area is 162 Å². The predicted molar refractivity (Wildman–Crippen MR) is 104 cm³/mol. The molecule has 1 heterocycles.